The van der Waals surface area contributed by atoms with Gasteiger partial charge in [-0.2, -0.15) is 0 Å². The van der Waals surface area contributed by atoms with E-state index in [2.05, 4.69) is 29.4 Å². The van der Waals surface area contributed by atoms with Crippen molar-refractivity contribution in [1.29, 1.82) is 0 Å². The predicted octanol–water partition coefficient (Wildman–Crippen LogP) is 2.17. The van der Waals surface area contributed by atoms with E-state index in [4.69, 9.17) is 11.2 Å². The Balaban J connectivity index is 1.71. The Morgan fingerprint density at radius 3 is 3.18 bits per heavy atom. The van der Waals surface area contributed by atoms with E-state index in [0.717, 1.165) is 51.1 Å². The minimum Gasteiger partial charge on any atom is -0.493 e. The van der Waals surface area contributed by atoms with E-state index in [-0.39, 0.29) is 0 Å². The molecule has 0 bridgehead atoms. The van der Waals surface area contributed by atoms with Crippen molar-refractivity contribution < 1.29 is 4.74 Å². The molecule has 0 aromatic heterocycles. The summed E-state index contributed by atoms with van der Waals surface area (Å²) in [7, 11) is 0. The minimum atomic E-state index is 0.836. The van der Waals surface area contributed by atoms with Crippen molar-refractivity contribution >= 4 is 0 Å². The summed E-state index contributed by atoms with van der Waals surface area (Å²) in [6, 6.07) is 6.52. The van der Waals surface area contributed by atoms with Crippen LogP contribution in [-0.4, -0.2) is 19.7 Å². The van der Waals surface area contributed by atoms with Crippen LogP contribution in [0.25, 0.3) is 0 Å². The number of unbranched alkanes of at least 4 members (excludes halogenated alkanes) is 1. The summed E-state index contributed by atoms with van der Waals surface area (Å²) in [6.07, 6.45) is 9.25. The third kappa shape index (κ3) is 3.51. The third-order valence-electron chi connectivity index (χ3n) is 3.02. The molecule has 1 aliphatic rings. The van der Waals surface area contributed by atoms with Crippen LogP contribution < -0.4 is 10.1 Å². The molecule has 2 rings (SSSR count). The Labute approximate surface area is 103 Å². The molecule has 0 aliphatic carbocycles. The van der Waals surface area contributed by atoms with Crippen molar-refractivity contribution in [3.8, 4) is 18.1 Å². The van der Waals surface area contributed by atoms with E-state index in [0.29, 0.717) is 0 Å². The first-order chi connectivity index (χ1) is 8.40. The predicted molar refractivity (Wildman–Crippen MR) is 70.3 cm³/mol. The Kier molecular flexibility index (Phi) is 4.46. The number of ether oxygens (including phenoxy) is 1. The van der Waals surface area contributed by atoms with Gasteiger partial charge in [-0.1, -0.05) is 12.1 Å². The Bertz CT molecular complexity index is 406. The number of rotatable bonds is 6. The Hall–Kier alpha value is -1.46. The SMILES string of the molecule is C#CCCCNCCc1ccc2c(c1)CCO2. The molecule has 0 fully saturated rings. The molecule has 1 heterocycles. The molecule has 0 atom stereocenters. The van der Waals surface area contributed by atoms with Gasteiger partial charge < -0.3 is 10.1 Å². The molecule has 2 nitrogen and oxygen atoms in total. The fourth-order valence-corrected chi connectivity index (χ4v) is 2.07. The number of hydrogen-bond acceptors (Lipinski definition) is 2. The molecule has 2 heteroatoms. The standard InChI is InChI=1S/C15H19NO/c1-2-3-4-9-16-10-7-13-5-6-15-14(12-13)8-11-17-15/h1,5-6,12,16H,3-4,7-11H2. The summed E-state index contributed by atoms with van der Waals surface area (Å²) in [6.45, 7) is 2.87. The molecule has 0 unspecified atom stereocenters. The quantitative estimate of drug-likeness (QED) is 0.596. The number of nitrogens with one attached hydrogen (secondary N) is 1. The number of fused-ring (bicyclic) bond motifs is 1. The van der Waals surface area contributed by atoms with Gasteiger partial charge in [-0.15, -0.1) is 12.3 Å². The van der Waals surface area contributed by atoms with Crippen LogP contribution in [0.5, 0.6) is 5.75 Å². The molecule has 1 aromatic rings. The van der Waals surface area contributed by atoms with Crippen molar-refractivity contribution in [2.75, 3.05) is 19.7 Å². The number of terminal acetylenes is 1. The van der Waals surface area contributed by atoms with Crippen LogP contribution in [0.2, 0.25) is 0 Å². The molecule has 1 N–H and O–H groups in total. The zero-order valence-corrected chi connectivity index (χ0v) is 10.2. The highest BCUT2D eigenvalue weighted by Gasteiger charge is 2.11. The maximum Gasteiger partial charge on any atom is 0.122 e. The van der Waals surface area contributed by atoms with Gasteiger partial charge in [0.15, 0.2) is 0 Å². The lowest BCUT2D eigenvalue weighted by Crippen LogP contribution is -2.18. The smallest absolute Gasteiger partial charge is 0.122 e. The van der Waals surface area contributed by atoms with Gasteiger partial charge in [-0.05, 0) is 43.1 Å². The summed E-state index contributed by atoms with van der Waals surface area (Å²) in [5.41, 5.74) is 2.74. The topological polar surface area (TPSA) is 21.3 Å². The van der Waals surface area contributed by atoms with E-state index in [1.54, 1.807) is 0 Å². The Morgan fingerprint density at radius 1 is 1.35 bits per heavy atom. The average molecular weight is 229 g/mol. The fraction of sp³-hybridized carbons (Fsp3) is 0.467. The molecule has 0 radical (unpaired) electrons. The van der Waals surface area contributed by atoms with Gasteiger partial charge in [0.05, 0.1) is 6.61 Å². The highest BCUT2D eigenvalue weighted by molar-refractivity contribution is 5.39. The molecule has 0 amide bonds. The molecule has 0 spiro atoms. The lowest BCUT2D eigenvalue weighted by molar-refractivity contribution is 0.357. The molecule has 0 saturated heterocycles. The highest BCUT2D eigenvalue weighted by atomic mass is 16.5. The largest absolute Gasteiger partial charge is 0.493 e. The zero-order valence-electron chi connectivity index (χ0n) is 10.2. The second kappa shape index (κ2) is 6.32. The third-order valence-corrected chi connectivity index (χ3v) is 3.02. The first-order valence-corrected chi connectivity index (χ1v) is 6.29. The van der Waals surface area contributed by atoms with Crippen molar-refractivity contribution in [2.45, 2.75) is 25.7 Å². The maximum absolute atomic E-state index is 5.49. The van der Waals surface area contributed by atoms with Gasteiger partial charge >= 0.3 is 0 Å². The van der Waals surface area contributed by atoms with E-state index in [9.17, 15) is 0 Å². The van der Waals surface area contributed by atoms with Gasteiger partial charge in [0.2, 0.25) is 0 Å². The van der Waals surface area contributed by atoms with Crippen LogP contribution in [0.1, 0.15) is 24.0 Å². The molecule has 1 aromatic carbocycles. The first kappa shape index (κ1) is 12.0. The van der Waals surface area contributed by atoms with Crippen molar-refractivity contribution in [1.82, 2.24) is 5.32 Å². The van der Waals surface area contributed by atoms with Crippen LogP contribution in [0.15, 0.2) is 18.2 Å². The summed E-state index contributed by atoms with van der Waals surface area (Å²) in [5.74, 6) is 3.72. The fourth-order valence-electron chi connectivity index (χ4n) is 2.07. The Morgan fingerprint density at radius 2 is 2.29 bits per heavy atom. The van der Waals surface area contributed by atoms with Crippen LogP contribution in [0.4, 0.5) is 0 Å². The lowest BCUT2D eigenvalue weighted by atomic mass is 10.1. The lowest BCUT2D eigenvalue weighted by Gasteiger charge is -2.05. The van der Waals surface area contributed by atoms with Gasteiger partial charge in [0.25, 0.3) is 0 Å². The molecular weight excluding hydrogens is 210 g/mol. The minimum absolute atomic E-state index is 0.836. The van der Waals surface area contributed by atoms with Crippen LogP contribution >= 0.6 is 0 Å². The van der Waals surface area contributed by atoms with Crippen molar-refractivity contribution in [2.24, 2.45) is 0 Å². The first-order valence-electron chi connectivity index (χ1n) is 6.29. The summed E-state index contributed by atoms with van der Waals surface area (Å²) >= 11 is 0. The van der Waals surface area contributed by atoms with Gasteiger partial charge in [0, 0.05) is 12.8 Å². The van der Waals surface area contributed by atoms with Gasteiger partial charge in [0.1, 0.15) is 5.75 Å². The van der Waals surface area contributed by atoms with Gasteiger partial charge in [-0.3, -0.25) is 0 Å². The van der Waals surface area contributed by atoms with Crippen LogP contribution in [0, 0.1) is 12.3 Å². The monoisotopic (exact) mass is 229 g/mol. The number of hydrogen-bond donors (Lipinski definition) is 1. The van der Waals surface area contributed by atoms with E-state index >= 15 is 0 Å². The van der Waals surface area contributed by atoms with E-state index in [1.165, 1.54) is 11.1 Å². The number of benzene rings is 1. The maximum atomic E-state index is 5.49. The summed E-state index contributed by atoms with van der Waals surface area (Å²) in [5, 5.41) is 3.41. The van der Waals surface area contributed by atoms with Crippen molar-refractivity contribution in [3.63, 3.8) is 0 Å². The van der Waals surface area contributed by atoms with Crippen LogP contribution in [0.3, 0.4) is 0 Å². The normalized spacial score (nSPS) is 12.9. The molecular formula is C15H19NO. The van der Waals surface area contributed by atoms with E-state index < -0.39 is 0 Å². The average Bonchev–Trinajstić information content (AvgIpc) is 2.81. The summed E-state index contributed by atoms with van der Waals surface area (Å²) in [4.78, 5) is 0. The molecule has 17 heavy (non-hydrogen) atoms. The summed E-state index contributed by atoms with van der Waals surface area (Å²) < 4.78 is 5.49. The molecule has 90 valence electrons. The second-order valence-electron chi connectivity index (χ2n) is 4.35. The van der Waals surface area contributed by atoms with E-state index in [1.807, 2.05) is 0 Å². The highest BCUT2D eigenvalue weighted by Crippen LogP contribution is 2.25. The molecule has 1 aliphatic heterocycles. The molecule has 0 saturated carbocycles. The second-order valence-corrected chi connectivity index (χ2v) is 4.35. The zero-order chi connectivity index (χ0) is 11.9. The van der Waals surface area contributed by atoms with Crippen molar-refractivity contribution in [3.05, 3.63) is 29.3 Å². The van der Waals surface area contributed by atoms with Gasteiger partial charge in [-0.25, -0.2) is 0 Å². The van der Waals surface area contributed by atoms with Crippen LogP contribution in [-0.2, 0) is 12.8 Å².